The number of rotatable bonds is 3. The predicted octanol–water partition coefficient (Wildman–Crippen LogP) is 3.15. The molecule has 2 aromatic carbocycles. The average molecular weight is 370 g/mol. The molecule has 0 radical (unpaired) electrons. The number of hydrogen-bond acceptors (Lipinski definition) is 3. The van der Waals surface area contributed by atoms with Crippen LogP contribution in [0.3, 0.4) is 0 Å². The Kier molecular flexibility index (Phi) is 4.42. The summed E-state index contributed by atoms with van der Waals surface area (Å²) >= 11 is 6.27. The summed E-state index contributed by atoms with van der Waals surface area (Å²) in [5.41, 5.74) is 8.99. The van der Waals surface area contributed by atoms with E-state index in [4.69, 9.17) is 22.1 Å². The summed E-state index contributed by atoms with van der Waals surface area (Å²) in [6.07, 6.45) is 0.842. The fourth-order valence-corrected chi connectivity index (χ4v) is 3.58. The lowest BCUT2D eigenvalue weighted by atomic mass is 10.0. The van der Waals surface area contributed by atoms with Crippen LogP contribution >= 0.6 is 11.6 Å². The van der Waals surface area contributed by atoms with E-state index in [0.29, 0.717) is 24.1 Å². The first kappa shape index (κ1) is 16.7. The summed E-state index contributed by atoms with van der Waals surface area (Å²) in [7, 11) is 1.93. The van der Waals surface area contributed by atoms with Gasteiger partial charge in [-0.3, -0.25) is 0 Å². The number of imidazole rings is 1. The first-order valence-corrected chi connectivity index (χ1v) is 8.89. The molecule has 1 aromatic heterocycles. The molecule has 4 rings (SSSR count). The van der Waals surface area contributed by atoms with Gasteiger partial charge in [0.2, 0.25) is 0 Å². The Morgan fingerprint density at radius 1 is 1.35 bits per heavy atom. The highest BCUT2D eigenvalue weighted by Crippen LogP contribution is 2.31. The SMILES string of the molecule is Cn1c(CN=C(N)NC2CCOc3ccccc32)nc2cccc(Cl)c21. The highest BCUT2D eigenvalue weighted by Gasteiger charge is 2.21. The van der Waals surface area contributed by atoms with Gasteiger partial charge in [-0.25, -0.2) is 9.98 Å². The van der Waals surface area contributed by atoms with Crippen LogP contribution in [0.4, 0.5) is 0 Å². The van der Waals surface area contributed by atoms with E-state index in [9.17, 15) is 0 Å². The van der Waals surface area contributed by atoms with Crippen LogP contribution in [0, 0.1) is 0 Å². The topological polar surface area (TPSA) is 77.5 Å². The Bertz CT molecular complexity index is 981. The smallest absolute Gasteiger partial charge is 0.189 e. The van der Waals surface area contributed by atoms with Crippen molar-refractivity contribution in [3.63, 3.8) is 0 Å². The highest BCUT2D eigenvalue weighted by atomic mass is 35.5. The van der Waals surface area contributed by atoms with Crippen molar-refractivity contribution in [2.24, 2.45) is 17.8 Å². The van der Waals surface area contributed by atoms with Crippen molar-refractivity contribution < 1.29 is 4.74 Å². The van der Waals surface area contributed by atoms with Gasteiger partial charge in [-0.1, -0.05) is 35.9 Å². The molecule has 2 heterocycles. The molecule has 1 unspecified atom stereocenters. The molecule has 1 aliphatic heterocycles. The number of halogens is 1. The molecule has 0 amide bonds. The fourth-order valence-electron chi connectivity index (χ4n) is 3.28. The Hall–Kier alpha value is -2.73. The van der Waals surface area contributed by atoms with Gasteiger partial charge in [0.05, 0.1) is 28.7 Å². The maximum atomic E-state index is 6.27. The minimum Gasteiger partial charge on any atom is -0.493 e. The number of fused-ring (bicyclic) bond motifs is 2. The first-order chi connectivity index (χ1) is 12.6. The maximum Gasteiger partial charge on any atom is 0.189 e. The monoisotopic (exact) mass is 369 g/mol. The molecule has 1 atom stereocenters. The first-order valence-electron chi connectivity index (χ1n) is 8.51. The third kappa shape index (κ3) is 3.08. The fraction of sp³-hybridized carbons (Fsp3) is 0.263. The molecule has 0 saturated heterocycles. The van der Waals surface area contributed by atoms with Crippen molar-refractivity contribution >= 4 is 28.6 Å². The molecule has 1 aliphatic rings. The van der Waals surface area contributed by atoms with E-state index in [2.05, 4.69) is 15.3 Å². The molecular weight excluding hydrogens is 350 g/mol. The van der Waals surface area contributed by atoms with Crippen molar-refractivity contribution in [3.05, 3.63) is 58.9 Å². The van der Waals surface area contributed by atoms with Gasteiger partial charge >= 0.3 is 0 Å². The largest absolute Gasteiger partial charge is 0.493 e. The van der Waals surface area contributed by atoms with Crippen molar-refractivity contribution in [1.82, 2.24) is 14.9 Å². The molecular formula is C19H20ClN5O. The molecule has 0 bridgehead atoms. The van der Waals surface area contributed by atoms with E-state index in [1.807, 2.05) is 54.1 Å². The lowest BCUT2D eigenvalue weighted by Crippen LogP contribution is -2.37. The molecule has 0 saturated carbocycles. The van der Waals surface area contributed by atoms with E-state index in [1.165, 1.54) is 0 Å². The molecule has 26 heavy (non-hydrogen) atoms. The molecule has 0 spiro atoms. The van der Waals surface area contributed by atoms with Crippen molar-refractivity contribution in [3.8, 4) is 5.75 Å². The molecule has 6 nitrogen and oxygen atoms in total. The van der Waals surface area contributed by atoms with Crippen LogP contribution in [0.25, 0.3) is 11.0 Å². The van der Waals surface area contributed by atoms with Gasteiger partial charge < -0.3 is 20.4 Å². The third-order valence-electron chi connectivity index (χ3n) is 4.61. The minimum absolute atomic E-state index is 0.0959. The van der Waals surface area contributed by atoms with Crippen LogP contribution in [0.1, 0.15) is 23.9 Å². The zero-order valence-corrected chi connectivity index (χ0v) is 15.2. The number of para-hydroxylation sites is 2. The van der Waals surface area contributed by atoms with Crippen molar-refractivity contribution in [1.29, 1.82) is 0 Å². The number of benzene rings is 2. The molecule has 134 valence electrons. The van der Waals surface area contributed by atoms with Gasteiger partial charge in [-0.2, -0.15) is 0 Å². The minimum atomic E-state index is 0.0959. The zero-order chi connectivity index (χ0) is 18.1. The quantitative estimate of drug-likeness (QED) is 0.549. The number of nitrogens with one attached hydrogen (secondary N) is 1. The van der Waals surface area contributed by atoms with E-state index >= 15 is 0 Å². The second-order valence-corrected chi connectivity index (χ2v) is 6.68. The molecule has 0 aliphatic carbocycles. The third-order valence-corrected chi connectivity index (χ3v) is 4.91. The van der Waals surface area contributed by atoms with Gasteiger partial charge in [0.1, 0.15) is 18.1 Å². The van der Waals surface area contributed by atoms with E-state index in [0.717, 1.165) is 34.6 Å². The number of ether oxygens (including phenoxy) is 1. The number of nitrogens with two attached hydrogens (primary N) is 1. The summed E-state index contributed by atoms with van der Waals surface area (Å²) in [5, 5.41) is 3.97. The number of aliphatic imine (C=N–C) groups is 1. The summed E-state index contributed by atoms with van der Waals surface area (Å²) in [6, 6.07) is 13.8. The Morgan fingerprint density at radius 3 is 3.04 bits per heavy atom. The second kappa shape index (κ2) is 6.88. The normalized spacial score (nSPS) is 17.0. The lowest BCUT2D eigenvalue weighted by molar-refractivity contribution is 0.262. The highest BCUT2D eigenvalue weighted by molar-refractivity contribution is 6.35. The number of guanidine groups is 1. The molecule has 7 heteroatoms. The Morgan fingerprint density at radius 2 is 2.19 bits per heavy atom. The number of aryl methyl sites for hydroxylation is 1. The van der Waals surface area contributed by atoms with Gasteiger partial charge in [-0.15, -0.1) is 0 Å². The van der Waals surface area contributed by atoms with Gasteiger partial charge in [0, 0.05) is 19.0 Å². The summed E-state index contributed by atoms with van der Waals surface area (Å²) in [6.45, 7) is 1.04. The number of aromatic nitrogens is 2. The molecule has 3 N–H and O–H groups in total. The summed E-state index contributed by atoms with van der Waals surface area (Å²) in [5.74, 6) is 2.10. The van der Waals surface area contributed by atoms with Crippen LogP contribution in [0.5, 0.6) is 5.75 Å². The zero-order valence-electron chi connectivity index (χ0n) is 14.4. The maximum absolute atomic E-state index is 6.27. The van der Waals surface area contributed by atoms with Crippen LogP contribution < -0.4 is 15.8 Å². The Balaban J connectivity index is 1.52. The lowest BCUT2D eigenvalue weighted by Gasteiger charge is -2.26. The molecule has 0 fully saturated rings. The van der Waals surface area contributed by atoms with Gasteiger partial charge in [0.25, 0.3) is 0 Å². The number of nitrogens with zero attached hydrogens (tertiary/aromatic N) is 3. The average Bonchev–Trinajstić information content (AvgIpc) is 2.97. The van der Waals surface area contributed by atoms with Gasteiger partial charge in [0.15, 0.2) is 5.96 Å². The van der Waals surface area contributed by atoms with Crippen LogP contribution in [0.2, 0.25) is 5.02 Å². The predicted molar refractivity (Wildman–Crippen MR) is 103 cm³/mol. The van der Waals surface area contributed by atoms with Crippen molar-refractivity contribution in [2.75, 3.05) is 6.61 Å². The van der Waals surface area contributed by atoms with Crippen LogP contribution in [-0.4, -0.2) is 22.1 Å². The van der Waals surface area contributed by atoms with Crippen LogP contribution in [-0.2, 0) is 13.6 Å². The second-order valence-electron chi connectivity index (χ2n) is 6.27. The standard InChI is InChI=1S/C19H20ClN5O/c1-25-17(23-15-7-4-6-13(20)18(15)25)11-22-19(21)24-14-9-10-26-16-8-3-2-5-12(14)16/h2-8,14H,9-11H2,1H3,(H3,21,22,24). The summed E-state index contributed by atoms with van der Waals surface area (Å²) < 4.78 is 7.64. The van der Waals surface area contributed by atoms with Crippen molar-refractivity contribution in [2.45, 2.75) is 19.0 Å². The number of hydrogen-bond donors (Lipinski definition) is 2. The van der Waals surface area contributed by atoms with E-state index in [-0.39, 0.29) is 6.04 Å². The molecule has 3 aromatic rings. The van der Waals surface area contributed by atoms with Crippen LogP contribution in [0.15, 0.2) is 47.5 Å². The van der Waals surface area contributed by atoms with E-state index in [1.54, 1.807) is 0 Å². The Labute approximate surface area is 156 Å². The van der Waals surface area contributed by atoms with Gasteiger partial charge in [-0.05, 0) is 18.2 Å². The van der Waals surface area contributed by atoms with E-state index < -0.39 is 0 Å². The summed E-state index contributed by atoms with van der Waals surface area (Å²) in [4.78, 5) is 9.06.